The molecule has 11 heteroatoms. The van der Waals surface area contributed by atoms with Crippen LogP contribution in [0.1, 0.15) is 30.9 Å². The Hall–Kier alpha value is -4.54. The van der Waals surface area contributed by atoms with Crippen molar-refractivity contribution < 1.29 is 27.5 Å². The van der Waals surface area contributed by atoms with Crippen LogP contribution in [0.5, 0.6) is 11.5 Å². The van der Waals surface area contributed by atoms with Crippen molar-refractivity contribution >= 4 is 39.1 Å². The van der Waals surface area contributed by atoms with Crippen LogP contribution in [-0.2, 0) is 32.6 Å². The molecule has 0 aromatic heterocycles. The van der Waals surface area contributed by atoms with E-state index in [-0.39, 0.29) is 29.5 Å². The van der Waals surface area contributed by atoms with Crippen LogP contribution in [0.25, 0.3) is 0 Å². The molecule has 1 N–H and O–H groups in total. The van der Waals surface area contributed by atoms with Gasteiger partial charge in [-0.15, -0.1) is 0 Å². The zero-order chi connectivity index (χ0) is 33.8. The zero-order valence-corrected chi connectivity index (χ0v) is 28.3. The van der Waals surface area contributed by atoms with Crippen LogP contribution in [-0.4, -0.2) is 58.5 Å². The van der Waals surface area contributed by atoms with E-state index in [0.29, 0.717) is 28.6 Å². The van der Waals surface area contributed by atoms with Crippen molar-refractivity contribution in [2.45, 2.75) is 43.7 Å². The van der Waals surface area contributed by atoms with E-state index in [1.807, 2.05) is 43.3 Å². The van der Waals surface area contributed by atoms with Gasteiger partial charge in [-0.3, -0.25) is 13.9 Å². The third-order valence-electron chi connectivity index (χ3n) is 7.63. The molecule has 248 valence electrons. The molecule has 0 aliphatic rings. The number of halogens is 1. The second kappa shape index (κ2) is 16.9. The first kappa shape index (κ1) is 35.3. The number of methoxy groups -OCH3 is 2. The first-order valence-corrected chi connectivity index (χ1v) is 17.1. The van der Waals surface area contributed by atoms with Crippen molar-refractivity contribution in [1.29, 1.82) is 0 Å². The van der Waals surface area contributed by atoms with E-state index in [4.69, 9.17) is 21.1 Å². The molecule has 4 rings (SSSR count). The maximum absolute atomic E-state index is 14.6. The minimum absolute atomic E-state index is 0.0291. The topological polar surface area (TPSA) is 105 Å². The molecule has 0 unspecified atom stereocenters. The van der Waals surface area contributed by atoms with Gasteiger partial charge in [0.15, 0.2) is 0 Å². The highest BCUT2D eigenvalue weighted by molar-refractivity contribution is 7.92. The molecule has 2 amide bonds. The van der Waals surface area contributed by atoms with Crippen molar-refractivity contribution in [2.75, 3.05) is 31.6 Å². The smallest absolute Gasteiger partial charge is 0.264 e. The molecule has 0 saturated heterocycles. The van der Waals surface area contributed by atoms with E-state index < -0.39 is 28.5 Å². The Labute approximate surface area is 282 Å². The molecule has 0 aliphatic carbocycles. The van der Waals surface area contributed by atoms with Crippen LogP contribution >= 0.6 is 11.6 Å². The molecule has 0 fully saturated rings. The number of amides is 2. The fourth-order valence-corrected chi connectivity index (χ4v) is 6.58. The lowest BCUT2D eigenvalue weighted by molar-refractivity contribution is -0.140. The second-order valence-electron chi connectivity index (χ2n) is 10.9. The number of nitrogens with one attached hydrogen (secondary N) is 1. The van der Waals surface area contributed by atoms with Crippen LogP contribution in [0, 0.1) is 0 Å². The number of hydrogen-bond acceptors (Lipinski definition) is 6. The highest BCUT2D eigenvalue weighted by Gasteiger charge is 2.34. The predicted molar refractivity (Wildman–Crippen MR) is 184 cm³/mol. The minimum atomic E-state index is -4.26. The zero-order valence-electron chi connectivity index (χ0n) is 26.8. The lowest BCUT2D eigenvalue weighted by Gasteiger charge is -2.34. The first-order valence-electron chi connectivity index (χ1n) is 15.3. The summed E-state index contributed by atoms with van der Waals surface area (Å²) in [5.74, 6) is 0.188. The quantitative estimate of drug-likeness (QED) is 0.144. The summed E-state index contributed by atoms with van der Waals surface area (Å²) in [6, 6.07) is 27.8. The Kier molecular flexibility index (Phi) is 12.7. The molecular weight excluding hydrogens is 638 g/mol. The van der Waals surface area contributed by atoms with Crippen LogP contribution in [0.4, 0.5) is 5.69 Å². The van der Waals surface area contributed by atoms with E-state index in [2.05, 4.69) is 5.32 Å². The molecule has 4 aromatic rings. The lowest BCUT2D eigenvalue weighted by Crippen LogP contribution is -2.53. The fraction of sp³-hybridized carbons (Fsp3) is 0.278. The number of hydrogen-bond donors (Lipinski definition) is 1. The molecule has 47 heavy (non-hydrogen) atoms. The second-order valence-corrected chi connectivity index (χ2v) is 13.2. The molecule has 0 aliphatic heterocycles. The van der Waals surface area contributed by atoms with Gasteiger partial charge in [0.25, 0.3) is 10.0 Å². The molecule has 0 saturated carbocycles. The molecule has 0 heterocycles. The predicted octanol–water partition coefficient (Wildman–Crippen LogP) is 6.11. The lowest BCUT2D eigenvalue weighted by atomic mass is 10.0. The average molecular weight is 678 g/mol. The maximum Gasteiger partial charge on any atom is 0.264 e. The number of sulfonamides is 1. The largest absolute Gasteiger partial charge is 0.497 e. The van der Waals surface area contributed by atoms with Crippen molar-refractivity contribution in [1.82, 2.24) is 10.2 Å². The number of carbonyl (C=O) groups excluding carboxylic acids is 2. The molecule has 0 spiro atoms. The third kappa shape index (κ3) is 9.49. The summed E-state index contributed by atoms with van der Waals surface area (Å²) in [4.78, 5) is 29.9. The highest BCUT2D eigenvalue weighted by Crippen LogP contribution is 2.28. The molecule has 1 atom stereocenters. The van der Waals surface area contributed by atoms with E-state index in [1.165, 1.54) is 24.1 Å². The van der Waals surface area contributed by atoms with Gasteiger partial charge in [-0.05, 0) is 78.2 Å². The van der Waals surface area contributed by atoms with E-state index >= 15 is 0 Å². The Morgan fingerprint density at radius 2 is 1.49 bits per heavy atom. The summed E-state index contributed by atoms with van der Waals surface area (Å²) < 4.78 is 40.0. The van der Waals surface area contributed by atoms with E-state index in [0.717, 1.165) is 22.7 Å². The molecule has 9 nitrogen and oxygen atoms in total. The van der Waals surface area contributed by atoms with Gasteiger partial charge in [-0.2, -0.15) is 0 Å². The maximum atomic E-state index is 14.6. The summed E-state index contributed by atoms with van der Waals surface area (Å²) in [6.45, 7) is 1.94. The monoisotopic (exact) mass is 677 g/mol. The average Bonchev–Trinajstić information content (AvgIpc) is 3.09. The van der Waals surface area contributed by atoms with Gasteiger partial charge in [0, 0.05) is 24.5 Å². The van der Waals surface area contributed by atoms with Gasteiger partial charge in [0.1, 0.15) is 24.1 Å². The molecular formula is C36H40ClN3O6S. The first-order chi connectivity index (χ1) is 22.7. The van der Waals surface area contributed by atoms with Crippen molar-refractivity contribution in [3.8, 4) is 11.5 Å². The van der Waals surface area contributed by atoms with Gasteiger partial charge in [-0.25, -0.2) is 8.42 Å². The van der Waals surface area contributed by atoms with Gasteiger partial charge in [-0.1, -0.05) is 67.4 Å². The molecule has 4 aromatic carbocycles. The van der Waals surface area contributed by atoms with Gasteiger partial charge < -0.3 is 19.7 Å². The van der Waals surface area contributed by atoms with Crippen LogP contribution < -0.4 is 19.1 Å². The summed E-state index contributed by atoms with van der Waals surface area (Å²) in [6.07, 6.45) is 1.88. The summed E-state index contributed by atoms with van der Waals surface area (Å²) in [5.41, 5.74) is 1.81. The minimum Gasteiger partial charge on any atom is -0.497 e. The number of carbonyl (C=O) groups is 2. The van der Waals surface area contributed by atoms with Crippen LogP contribution in [0.3, 0.4) is 0 Å². The summed E-state index contributed by atoms with van der Waals surface area (Å²) >= 11 is 6.15. The molecule has 0 radical (unpaired) electrons. The molecule has 0 bridgehead atoms. The Morgan fingerprint density at radius 1 is 0.830 bits per heavy atom. The number of benzene rings is 4. The number of nitrogens with zero attached hydrogens (tertiary/aromatic N) is 2. The Morgan fingerprint density at radius 3 is 2.13 bits per heavy atom. The van der Waals surface area contributed by atoms with Crippen molar-refractivity contribution in [3.05, 3.63) is 119 Å². The number of ether oxygens (including phenoxy) is 2. The van der Waals surface area contributed by atoms with Crippen LogP contribution in [0.15, 0.2) is 108 Å². The SMILES string of the molecule is CCCCNC(=O)[C@H](Cc1ccccc1)N(Cc1cccc(OC)c1)C(=O)CN(c1ccc(Cl)cc1)S(=O)(=O)c1ccc(OC)cc1. The van der Waals surface area contributed by atoms with Crippen molar-refractivity contribution in [2.24, 2.45) is 0 Å². The van der Waals surface area contributed by atoms with E-state index in [9.17, 15) is 18.0 Å². The number of rotatable bonds is 16. The fourth-order valence-electron chi connectivity index (χ4n) is 5.04. The Bertz CT molecular complexity index is 1720. The van der Waals surface area contributed by atoms with Gasteiger partial charge in [0.2, 0.25) is 11.8 Å². The van der Waals surface area contributed by atoms with Gasteiger partial charge in [0.05, 0.1) is 24.8 Å². The van der Waals surface area contributed by atoms with Gasteiger partial charge >= 0.3 is 0 Å². The van der Waals surface area contributed by atoms with E-state index in [1.54, 1.807) is 61.7 Å². The third-order valence-corrected chi connectivity index (χ3v) is 9.67. The van der Waals surface area contributed by atoms with Crippen LogP contribution in [0.2, 0.25) is 5.02 Å². The standard InChI is InChI=1S/C36H40ClN3O6S/c1-4-5-22-38-36(42)34(24-27-10-7-6-8-11-27)39(25-28-12-9-13-32(23-28)46-3)35(41)26-40(30-16-14-29(37)15-17-30)47(43,44)33-20-18-31(45-2)19-21-33/h6-21,23,34H,4-5,22,24-26H2,1-3H3,(H,38,42)/t34-/m0/s1. The summed E-state index contributed by atoms with van der Waals surface area (Å²) in [5, 5.41) is 3.40. The number of anilines is 1. The number of unbranched alkanes of at least 4 members (excludes halogenated alkanes) is 1. The highest BCUT2D eigenvalue weighted by atomic mass is 35.5. The Balaban J connectivity index is 1.79. The normalized spacial score (nSPS) is 11.7. The summed E-state index contributed by atoms with van der Waals surface area (Å²) in [7, 11) is -1.22. The van der Waals surface area contributed by atoms with Crippen molar-refractivity contribution in [3.63, 3.8) is 0 Å².